The molecule has 3 aromatic rings. The number of aromatic nitrogens is 1. The normalized spacial score (nSPS) is 30.9. The molecule has 0 radical (unpaired) electrons. The van der Waals surface area contributed by atoms with Gasteiger partial charge in [-0.25, -0.2) is 0 Å². The van der Waals surface area contributed by atoms with Gasteiger partial charge in [-0.15, -0.1) is 11.8 Å². The summed E-state index contributed by atoms with van der Waals surface area (Å²) >= 11 is 3.05. The molecule has 3 fully saturated rings. The lowest BCUT2D eigenvalue weighted by Gasteiger charge is -2.43. The third kappa shape index (κ3) is 3.35. The predicted octanol–water partition coefficient (Wildman–Crippen LogP) is 5.27. The molecule has 4 aliphatic rings. The number of anilines is 2. The zero-order valence-electron chi connectivity index (χ0n) is 21.7. The van der Waals surface area contributed by atoms with Gasteiger partial charge in [0.05, 0.1) is 22.5 Å². The lowest BCUT2D eigenvalue weighted by atomic mass is 9.68. The van der Waals surface area contributed by atoms with Crippen LogP contribution < -0.4 is 14.7 Å². The Morgan fingerprint density at radius 2 is 1.58 bits per heavy atom. The van der Waals surface area contributed by atoms with Gasteiger partial charge in [-0.2, -0.15) is 0 Å². The number of amides is 2. The van der Waals surface area contributed by atoms with Crippen LogP contribution in [-0.2, 0) is 9.59 Å². The van der Waals surface area contributed by atoms with Gasteiger partial charge < -0.3 is 9.88 Å². The van der Waals surface area contributed by atoms with Gasteiger partial charge >= 0.3 is 4.87 Å². The molecule has 2 aliphatic carbocycles. The molecular formula is C30H31N3O3S2. The second-order valence-corrected chi connectivity index (χ2v) is 13.3. The smallest absolute Gasteiger partial charge is 0.305 e. The van der Waals surface area contributed by atoms with Gasteiger partial charge in [0.25, 0.3) is 0 Å². The Hall–Kier alpha value is -2.84. The van der Waals surface area contributed by atoms with Crippen molar-refractivity contribution in [2.45, 2.75) is 43.4 Å². The molecule has 38 heavy (non-hydrogen) atoms. The third-order valence-corrected chi connectivity index (χ3v) is 12.0. The lowest BCUT2D eigenvalue weighted by molar-refractivity contribution is -0.123. The van der Waals surface area contributed by atoms with Crippen LogP contribution in [0.4, 0.5) is 11.4 Å². The summed E-state index contributed by atoms with van der Waals surface area (Å²) in [5.74, 6) is -0.0698. The number of imide groups is 1. The molecule has 2 aliphatic heterocycles. The van der Waals surface area contributed by atoms with Crippen molar-refractivity contribution < 1.29 is 9.59 Å². The van der Waals surface area contributed by atoms with E-state index in [0.717, 1.165) is 35.0 Å². The summed E-state index contributed by atoms with van der Waals surface area (Å²) in [7, 11) is 0. The zero-order chi connectivity index (χ0) is 26.3. The topological polar surface area (TPSA) is 73.5 Å². The molecule has 2 aromatic carbocycles. The van der Waals surface area contributed by atoms with Crippen LogP contribution in [0.5, 0.6) is 0 Å². The Bertz CT molecular complexity index is 1470. The van der Waals surface area contributed by atoms with Crippen LogP contribution in [0.3, 0.4) is 0 Å². The van der Waals surface area contributed by atoms with Crippen LogP contribution in [0, 0.1) is 36.5 Å². The van der Waals surface area contributed by atoms with Gasteiger partial charge in [-0.1, -0.05) is 41.2 Å². The average molecular weight is 546 g/mol. The zero-order valence-corrected chi connectivity index (χ0v) is 23.4. The quantitative estimate of drug-likeness (QED) is 0.443. The average Bonchev–Trinajstić information content (AvgIpc) is 3.65. The Balaban J connectivity index is 1.28. The van der Waals surface area contributed by atoms with E-state index < -0.39 is 0 Å². The molecule has 1 N–H and O–H groups in total. The summed E-state index contributed by atoms with van der Waals surface area (Å²) < 4.78 is 0. The summed E-state index contributed by atoms with van der Waals surface area (Å²) in [6, 6.07) is 16.5. The minimum Gasteiger partial charge on any atom is -0.372 e. The Morgan fingerprint density at radius 3 is 2.24 bits per heavy atom. The van der Waals surface area contributed by atoms with E-state index in [1.165, 1.54) is 27.5 Å². The number of rotatable bonds is 5. The van der Waals surface area contributed by atoms with E-state index >= 15 is 0 Å². The number of carbonyl (C=O) groups is 2. The summed E-state index contributed by atoms with van der Waals surface area (Å²) in [6.45, 7) is 8.23. The van der Waals surface area contributed by atoms with Gasteiger partial charge in [0, 0.05) is 34.8 Å². The van der Waals surface area contributed by atoms with E-state index in [2.05, 4.69) is 48.0 Å². The van der Waals surface area contributed by atoms with Gasteiger partial charge in [0.2, 0.25) is 11.8 Å². The van der Waals surface area contributed by atoms with Crippen molar-refractivity contribution in [3.8, 4) is 0 Å². The van der Waals surface area contributed by atoms with E-state index in [1.807, 2.05) is 31.2 Å². The highest BCUT2D eigenvalue weighted by atomic mass is 32.2. The van der Waals surface area contributed by atoms with Crippen molar-refractivity contribution in [2.75, 3.05) is 22.9 Å². The SMILES string of the molecule is CCN(CC)c1ccc(C2c3sc(=O)[nH]c3SC3C4CC(C5C(=O)N(c6ccc(C)cc6)C(=O)C45)[C@@H]23)cc1. The Labute approximate surface area is 230 Å². The maximum atomic E-state index is 13.9. The fraction of sp³-hybridized carbons (Fsp3) is 0.433. The number of benzene rings is 2. The number of fused-ring (bicyclic) bond motifs is 9. The van der Waals surface area contributed by atoms with Crippen LogP contribution in [0.15, 0.2) is 58.4 Å². The number of H-pyrrole nitrogens is 1. The first kappa shape index (κ1) is 24.2. The standard InChI is InChI=1S/C30H31N3O3S2/c1-4-32(5-2)17-12-8-16(9-13-17)21-22-19-14-20(25(22)37-27-26(21)38-30(36)31-27)24-23(19)28(34)33(29(24)35)18-10-6-15(3)7-11-18/h6-13,19-25H,4-5,14H2,1-3H3,(H,31,36)/t19?,20?,21?,22-,23?,24?,25?/m0/s1. The number of nitrogens with one attached hydrogen (secondary N) is 1. The maximum Gasteiger partial charge on any atom is 0.305 e. The summed E-state index contributed by atoms with van der Waals surface area (Å²) in [5.41, 5.74) is 4.18. The Kier molecular flexibility index (Phi) is 5.64. The predicted molar refractivity (Wildman–Crippen MR) is 152 cm³/mol. The number of aromatic amines is 1. The molecule has 8 heteroatoms. The van der Waals surface area contributed by atoms with Crippen molar-refractivity contribution in [1.29, 1.82) is 0 Å². The largest absolute Gasteiger partial charge is 0.372 e. The van der Waals surface area contributed by atoms with E-state index in [-0.39, 0.29) is 57.4 Å². The molecule has 6 unspecified atom stereocenters. The minimum atomic E-state index is -0.273. The van der Waals surface area contributed by atoms with Gasteiger partial charge in [0.15, 0.2) is 0 Å². The van der Waals surface area contributed by atoms with Crippen LogP contribution in [0.25, 0.3) is 0 Å². The molecule has 2 bridgehead atoms. The molecule has 196 valence electrons. The molecule has 6 nitrogen and oxygen atoms in total. The highest BCUT2D eigenvalue weighted by Crippen LogP contribution is 2.68. The number of aryl methyl sites for hydroxylation is 1. The van der Waals surface area contributed by atoms with Crippen LogP contribution >= 0.6 is 23.1 Å². The van der Waals surface area contributed by atoms with Crippen LogP contribution in [-0.4, -0.2) is 35.1 Å². The van der Waals surface area contributed by atoms with Crippen molar-refractivity contribution in [1.82, 2.24) is 4.98 Å². The van der Waals surface area contributed by atoms with E-state index in [0.29, 0.717) is 5.69 Å². The summed E-state index contributed by atoms with van der Waals surface area (Å²) in [6.07, 6.45) is 0.907. The molecule has 3 heterocycles. The lowest BCUT2D eigenvalue weighted by Crippen LogP contribution is -2.42. The van der Waals surface area contributed by atoms with Crippen molar-refractivity contribution in [3.63, 3.8) is 0 Å². The fourth-order valence-corrected chi connectivity index (χ4v) is 10.7. The first-order chi connectivity index (χ1) is 18.4. The number of thioether (sulfide) groups is 1. The number of nitrogens with zero attached hydrogens (tertiary/aromatic N) is 2. The second kappa shape index (κ2) is 8.85. The van der Waals surface area contributed by atoms with Gasteiger partial charge in [-0.05, 0) is 74.8 Å². The van der Waals surface area contributed by atoms with E-state index in [1.54, 1.807) is 11.8 Å². The minimum absolute atomic E-state index is 0.0301. The van der Waals surface area contributed by atoms with Crippen LogP contribution in [0.2, 0.25) is 0 Å². The Morgan fingerprint density at radius 1 is 0.921 bits per heavy atom. The first-order valence-corrected chi connectivity index (χ1v) is 15.3. The van der Waals surface area contributed by atoms with Gasteiger partial charge in [0.1, 0.15) is 0 Å². The highest BCUT2D eigenvalue weighted by Gasteiger charge is 2.69. The molecule has 7 rings (SSSR count). The molecule has 0 spiro atoms. The molecule has 7 atom stereocenters. The highest BCUT2D eigenvalue weighted by molar-refractivity contribution is 8.00. The molecule has 2 amide bonds. The van der Waals surface area contributed by atoms with Crippen LogP contribution in [0.1, 0.15) is 42.2 Å². The number of hydrogen-bond acceptors (Lipinski definition) is 6. The number of hydrogen-bond donors (Lipinski definition) is 1. The first-order valence-electron chi connectivity index (χ1n) is 13.6. The molecule has 1 saturated heterocycles. The van der Waals surface area contributed by atoms with Gasteiger partial charge in [-0.3, -0.25) is 19.3 Å². The molecule has 1 aromatic heterocycles. The third-order valence-electron chi connectivity index (χ3n) is 9.40. The van der Waals surface area contributed by atoms with E-state index in [4.69, 9.17) is 0 Å². The second-order valence-electron chi connectivity index (χ2n) is 11.1. The van der Waals surface area contributed by atoms with Crippen molar-refractivity contribution >= 4 is 46.3 Å². The maximum absolute atomic E-state index is 13.9. The summed E-state index contributed by atoms with van der Waals surface area (Å²) in [4.78, 5) is 48.1. The van der Waals surface area contributed by atoms with E-state index in [9.17, 15) is 14.4 Å². The fourth-order valence-electron chi connectivity index (χ4n) is 7.82. The molecular weight excluding hydrogens is 514 g/mol. The number of thiazole rings is 1. The molecule has 2 saturated carbocycles. The monoisotopic (exact) mass is 545 g/mol. The number of carbonyl (C=O) groups excluding carboxylic acids is 2. The van der Waals surface area contributed by atoms with Crippen molar-refractivity contribution in [2.24, 2.45) is 29.6 Å². The van der Waals surface area contributed by atoms with Crippen molar-refractivity contribution in [3.05, 3.63) is 74.2 Å². The summed E-state index contributed by atoms with van der Waals surface area (Å²) in [5, 5.41) is 1.16.